The zero-order chi connectivity index (χ0) is 21.1. The van der Waals surface area contributed by atoms with Crippen molar-refractivity contribution in [1.29, 1.82) is 5.26 Å². The predicted octanol–water partition coefficient (Wildman–Crippen LogP) is 2.67. The Balaban J connectivity index is 1.57. The fourth-order valence-electron chi connectivity index (χ4n) is 2.93. The quantitative estimate of drug-likeness (QED) is 0.531. The number of ether oxygens (including phenoxy) is 2. The smallest absolute Gasteiger partial charge is 0.328 e. The highest BCUT2D eigenvalue weighted by Gasteiger charge is 2.12. The molecule has 0 fully saturated rings. The number of fused-ring (bicyclic) bond motifs is 1. The van der Waals surface area contributed by atoms with Crippen LogP contribution in [0.15, 0.2) is 70.6 Å². The molecule has 150 valence electrons. The van der Waals surface area contributed by atoms with Crippen LogP contribution in [0.5, 0.6) is 17.2 Å². The topological polar surface area (TPSA) is 102 Å². The summed E-state index contributed by atoms with van der Waals surface area (Å²) >= 11 is 0. The number of nitrogens with zero attached hydrogens (tertiary/aromatic N) is 3. The van der Waals surface area contributed by atoms with E-state index in [9.17, 15) is 14.0 Å². The van der Waals surface area contributed by atoms with Crippen molar-refractivity contribution in [2.45, 2.75) is 6.54 Å². The van der Waals surface area contributed by atoms with Crippen molar-refractivity contribution in [2.75, 3.05) is 6.61 Å². The standard InChI is InChI=1S/C21H15FN4O4/c22-15-3-4-18(29-9-8-25-7-5-20(27)24-21(25)28)19(11-15)30-17-2-1-6-26-13-14(12-23)10-16(17)26/h1-7,10-11,13H,8-9H2,(H,24,27,28). The highest BCUT2D eigenvalue weighted by atomic mass is 19.1. The molecule has 3 aromatic heterocycles. The Bertz CT molecular complexity index is 1380. The first kappa shape index (κ1) is 19.0. The zero-order valence-corrected chi connectivity index (χ0v) is 15.5. The average molecular weight is 406 g/mol. The first-order valence-corrected chi connectivity index (χ1v) is 8.94. The SMILES string of the molecule is N#Cc1cc2c(Oc3cc(F)ccc3OCCn3ccc(=O)[nH]c3=O)cccn2c1. The van der Waals surface area contributed by atoms with Crippen molar-refractivity contribution in [3.63, 3.8) is 0 Å². The Morgan fingerprint density at radius 3 is 2.73 bits per heavy atom. The first-order valence-electron chi connectivity index (χ1n) is 8.94. The van der Waals surface area contributed by atoms with Gasteiger partial charge in [-0.3, -0.25) is 14.3 Å². The number of halogens is 1. The number of aromatic amines is 1. The van der Waals surface area contributed by atoms with Gasteiger partial charge in [0.1, 0.15) is 18.5 Å². The molecule has 0 saturated heterocycles. The molecule has 30 heavy (non-hydrogen) atoms. The van der Waals surface area contributed by atoms with Gasteiger partial charge in [-0.15, -0.1) is 0 Å². The molecular formula is C21H15FN4O4. The molecule has 0 saturated carbocycles. The van der Waals surface area contributed by atoms with Crippen molar-refractivity contribution >= 4 is 5.52 Å². The number of benzene rings is 1. The second-order valence-corrected chi connectivity index (χ2v) is 6.35. The molecular weight excluding hydrogens is 391 g/mol. The molecule has 4 rings (SSSR count). The van der Waals surface area contributed by atoms with Crippen LogP contribution in [0.3, 0.4) is 0 Å². The van der Waals surface area contributed by atoms with E-state index in [4.69, 9.17) is 14.7 Å². The molecule has 0 bridgehead atoms. The second-order valence-electron chi connectivity index (χ2n) is 6.35. The van der Waals surface area contributed by atoms with E-state index in [1.807, 2.05) is 0 Å². The second kappa shape index (κ2) is 7.97. The zero-order valence-electron chi connectivity index (χ0n) is 15.5. The van der Waals surface area contributed by atoms with Crippen LogP contribution in [0.4, 0.5) is 4.39 Å². The minimum atomic E-state index is -0.546. The van der Waals surface area contributed by atoms with Crippen molar-refractivity contribution in [2.24, 2.45) is 0 Å². The Labute approximate surface area is 169 Å². The van der Waals surface area contributed by atoms with Crippen molar-refractivity contribution < 1.29 is 13.9 Å². The van der Waals surface area contributed by atoms with Crippen LogP contribution in [0, 0.1) is 17.1 Å². The van der Waals surface area contributed by atoms with E-state index in [0.717, 1.165) is 0 Å². The maximum absolute atomic E-state index is 13.8. The van der Waals surface area contributed by atoms with Gasteiger partial charge in [0, 0.05) is 30.7 Å². The summed E-state index contributed by atoms with van der Waals surface area (Å²) in [6.07, 6.45) is 4.80. The lowest BCUT2D eigenvalue weighted by atomic mass is 10.3. The third kappa shape index (κ3) is 3.93. The normalized spacial score (nSPS) is 10.7. The van der Waals surface area contributed by atoms with Gasteiger partial charge in [0.25, 0.3) is 5.56 Å². The summed E-state index contributed by atoms with van der Waals surface area (Å²) in [7, 11) is 0. The number of H-pyrrole nitrogens is 1. The molecule has 0 aliphatic carbocycles. The fraction of sp³-hybridized carbons (Fsp3) is 0.0952. The molecule has 0 unspecified atom stereocenters. The Hall–Kier alpha value is -4.32. The molecule has 4 aromatic rings. The molecule has 1 aromatic carbocycles. The van der Waals surface area contributed by atoms with Gasteiger partial charge in [-0.05, 0) is 30.3 Å². The number of nitrogens with one attached hydrogen (secondary N) is 1. The highest BCUT2D eigenvalue weighted by Crippen LogP contribution is 2.34. The van der Waals surface area contributed by atoms with E-state index >= 15 is 0 Å². The number of rotatable bonds is 6. The monoisotopic (exact) mass is 406 g/mol. The lowest BCUT2D eigenvalue weighted by Crippen LogP contribution is -2.30. The molecule has 0 aliphatic rings. The van der Waals surface area contributed by atoms with Crippen molar-refractivity contribution in [1.82, 2.24) is 14.0 Å². The van der Waals surface area contributed by atoms with Crippen molar-refractivity contribution in [3.05, 3.63) is 93.3 Å². The first-order chi connectivity index (χ1) is 14.5. The van der Waals surface area contributed by atoms with E-state index in [2.05, 4.69) is 11.1 Å². The van der Waals surface area contributed by atoms with E-state index in [1.54, 1.807) is 35.0 Å². The molecule has 9 heteroatoms. The Morgan fingerprint density at radius 2 is 1.93 bits per heavy atom. The van der Waals surface area contributed by atoms with Gasteiger partial charge in [0.15, 0.2) is 17.2 Å². The summed E-state index contributed by atoms with van der Waals surface area (Å²) in [6.45, 7) is 0.258. The summed E-state index contributed by atoms with van der Waals surface area (Å²) in [6, 6.07) is 12.3. The Morgan fingerprint density at radius 1 is 1.07 bits per heavy atom. The number of pyridine rings is 1. The molecule has 0 spiro atoms. The molecule has 0 atom stereocenters. The van der Waals surface area contributed by atoms with E-state index in [-0.39, 0.29) is 24.7 Å². The summed E-state index contributed by atoms with van der Waals surface area (Å²) in [5.41, 5.74) is 0.0811. The predicted molar refractivity (Wildman–Crippen MR) is 105 cm³/mol. The third-order valence-electron chi connectivity index (χ3n) is 4.34. The van der Waals surface area contributed by atoms with Gasteiger partial charge in [-0.25, -0.2) is 9.18 Å². The number of nitriles is 1. The van der Waals surface area contributed by atoms with Crippen molar-refractivity contribution in [3.8, 4) is 23.3 Å². The highest BCUT2D eigenvalue weighted by molar-refractivity contribution is 5.65. The number of aromatic nitrogens is 3. The maximum atomic E-state index is 13.8. The summed E-state index contributed by atoms with van der Waals surface area (Å²) in [4.78, 5) is 25.0. The van der Waals surface area contributed by atoms with Gasteiger partial charge in [0.2, 0.25) is 0 Å². The molecule has 1 N–H and O–H groups in total. The van der Waals surface area contributed by atoms with E-state index in [1.165, 1.54) is 35.0 Å². The summed E-state index contributed by atoms with van der Waals surface area (Å²) in [5, 5.41) is 9.11. The Kier molecular flexibility index (Phi) is 5.05. The van der Waals surface area contributed by atoms with E-state index in [0.29, 0.717) is 16.8 Å². The van der Waals surface area contributed by atoms with E-state index < -0.39 is 17.1 Å². The fourth-order valence-corrected chi connectivity index (χ4v) is 2.93. The van der Waals surface area contributed by atoms with Crippen LogP contribution in [0.2, 0.25) is 0 Å². The summed E-state index contributed by atoms with van der Waals surface area (Å²) in [5.74, 6) is 0.347. The largest absolute Gasteiger partial charge is 0.488 e. The van der Waals surface area contributed by atoms with Crippen LogP contribution in [0.1, 0.15) is 5.56 Å². The number of hydrogen-bond acceptors (Lipinski definition) is 5. The van der Waals surface area contributed by atoms with Crippen LogP contribution >= 0.6 is 0 Å². The average Bonchev–Trinajstić information content (AvgIpc) is 3.16. The van der Waals surface area contributed by atoms with Gasteiger partial charge < -0.3 is 13.9 Å². The van der Waals surface area contributed by atoms with Gasteiger partial charge in [-0.2, -0.15) is 5.26 Å². The molecule has 0 amide bonds. The lowest BCUT2D eigenvalue weighted by Gasteiger charge is -2.14. The minimum Gasteiger partial charge on any atom is -0.488 e. The molecule has 0 radical (unpaired) electrons. The van der Waals surface area contributed by atoms with Crippen LogP contribution in [-0.2, 0) is 6.54 Å². The van der Waals surface area contributed by atoms with Crippen LogP contribution < -0.4 is 20.7 Å². The van der Waals surface area contributed by atoms with Gasteiger partial charge in [0.05, 0.1) is 17.6 Å². The van der Waals surface area contributed by atoms with Crippen LogP contribution in [0.25, 0.3) is 5.52 Å². The molecule has 3 heterocycles. The number of hydrogen-bond donors (Lipinski definition) is 1. The van der Waals surface area contributed by atoms with Crippen LogP contribution in [-0.4, -0.2) is 20.6 Å². The maximum Gasteiger partial charge on any atom is 0.328 e. The third-order valence-corrected chi connectivity index (χ3v) is 4.34. The van der Waals surface area contributed by atoms with Gasteiger partial charge >= 0.3 is 5.69 Å². The minimum absolute atomic E-state index is 0.0852. The lowest BCUT2D eigenvalue weighted by molar-refractivity contribution is 0.282. The summed E-state index contributed by atoms with van der Waals surface area (Å²) < 4.78 is 28.4. The van der Waals surface area contributed by atoms with Gasteiger partial charge in [-0.1, -0.05) is 0 Å². The molecule has 8 nitrogen and oxygen atoms in total. The molecule has 0 aliphatic heterocycles.